The number of halogens is 1. The highest BCUT2D eigenvalue weighted by Gasteiger charge is 2.57. The number of hydrogen-bond donors (Lipinski definition) is 0. The fourth-order valence-corrected chi connectivity index (χ4v) is 3.11. The van der Waals surface area contributed by atoms with E-state index in [0.717, 1.165) is 5.56 Å². The van der Waals surface area contributed by atoms with E-state index in [1.807, 2.05) is 6.07 Å². The highest BCUT2D eigenvalue weighted by molar-refractivity contribution is 5.49. The van der Waals surface area contributed by atoms with Crippen LogP contribution in [0, 0.1) is 11.2 Å². The van der Waals surface area contributed by atoms with E-state index in [9.17, 15) is 4.39 Å². The van der Waals surface area contributed by atoms with E-state index < -0.39 is 0 Å². The topological polar surface area (TPSA) is 0 Å². The molecule has 0 aromatic heterocycles. The first-order valence-electron chi connectivity index (χ1n) is 5.93. The van der Waals surface area contributed by atoms with Crippen LogP contribution in [0.25, 0.3) is 0 Å². The molecule has 0 spiro atoms. The first-order valence-corrected chi connectivity index (χ1v) is 5.93. The molecule has 2 rings (SSSR count). The molecule has 0 amide bonds. The van der Waals surface area contributed by atoms with Crippen LogP contribution >= 0.6 is 0 Å². The molecule has 0 bridgehead atoms. The molecule has 0 N–H and O–H groups in total. The van der Waals surface area contributed by atoms with Crippen LogP contribution in [0.15, 0.2) is 18.2 Å². The third kappa shape index (κ3) is 1.04. The van der Waals surface area contributed by atoms with Gasteiger partial charge in [0.25, 0.3) is 0 Å². The molecule has 0 heterocycles. The second-order valence-corrected chi connectivity index (χ2v) is 6.54. The van der Waals surface area contributed by atoms with Crippen LogP contribution in [0.4, 0.5) is 4.39 Å². The Morgan fingerprint density at radius 1 is 0.875 bits per heavy atom. The number of rotatable bonds is 0. The Labute approximate surface area is 97.9 Å². The van der Waals surface area contributed by atoms with Gasteiger partial charge in [0, 0.05) is 0 Å². The molecule has 1 aliphatic carbocycles. The molecule has 1 aliphatic rings. The van der Waals surface area contributed by atoms with E-state index in [1.54, 1.807) is 6.07 Å². The fraction of sp³-hybridized carbons (Fsp3) is 0.600. The maximum Gasteiger partial charge on any atom is 0.127 e. The summed E-state index contributed by atoms with van der Waals surface area (Å²) in [5, 5.41) is 0. The zero-order valence-corrected chi connectivity index (χ0v) is 11.1. The van der Waals surface area contributed by atoms with Gasteiger partial charge in [-0.15, -0.1) is 0 Å². The zero-order chi connectivity index (χ0) is 12.4. The van der Waals surface area contributed by atoms with E-state index in [4.69, 9.17) is 0 Å². The Hall–Kier alpha value is -0.850. The van der Waals surface area contributed by atoms with Gasteiger partial charge in [0.15, 0.2) is 0 Å². The monoisotopic (exact) mass is 220 g/mol. The smallest absolute Gasteiger partial charge is 0.127 e. The van der Waals surface area contributed by atoms with Crippen molar-refractivity contribution in [2.45, 2.75) is 52.4 Å². The number of hydrogen-bond acceptors (Lipinski definition) is 0. The summed E-state index contributed by atoms with van der Waals surface area (Å²) in [4.78, 5) is 0. The molecule has 1 heteroatoms. The third-order valence-electron chi connectivity index (χ3n) is 5.44. The van der Waals surface area contributed by atoms with Crippen molar-refractivity contribution in [3.05, 3.63) is 35.1 Å². The maximum absolute atomic E-state index is 14.1. The highest BCUT2D eigenvalue weighted by Crippen LogP contribution is 2.61. The maximum atomic E-state index is 14.1. The van der Waals surface area contributed by atoms with Crippen LogP contribution in [0.5, 0.6) is 0 Å². The number of benzene rings is 1. The van der Waals surface area contributed by atoms with Gasteiger partial charge in [0.1, 0.15) is 5.82 Å². The van der Waals surface area contributed by atoms with Crippen LogP contribution in [0.1, 0.15) is 52.7 Å². The molecule has 1 aromatic carbocycles. The van der Waals surface area contributed by atoms with Gasteiger partial charge in [-0.1, -0.05) is 53.7 Å². The molecule has 0 atom stereocenters. The van der Waals surface area contributed by atoms with Crippen molar-refractivity contribution in [3.63, 3.8) is 0 Å². The van der Waals surface area contributed by atoms with Gasteiger partial charge in [0.2, 0.25) is 0 Å². The van der Waals surface area contributed by atoms with E-state index in [1.165, 1.54) is 5.56 Å². The molecule has 16 heavy (non-hydrogen) atoms. The zero-order valence-electron chi connectivity index (χ0n) is 11.1. The molecule has 0 radical (unpaired) electrons. The average molecular weight is 220 g/mol. The minimum absolute atomic E-state index is 0.00787. The Bertz CT molecular complexity index is 439. The van der Waals surface area contributed by atoms with Crippen molar-refractivity contribution in [2.24, 2.45) is 5.41 Å². The molecule has 0 aliphatic heterocycles. The SMILES string of the molecule is CC1(C)c2cccc(F)c2C(C)(C)C1(C)C. The van der Waals surface area contributed by atoms with Crippen LogP contribution < -0.4 is 0 Å². The Kier molecular flexibility index (Phi) is 2.09. The second kappa shape index (κ2) is 2.88. The molecule has 1 aromatic rings. The average Bonchev–Trinajstić information content (AvgIpc) is 2.25. The molecule has 0 saturated carbocycles. The predicted molar refractivity (Wildman–Crippen MR) is 66.2 cm³/mol. The molecule has 0 unspecified atom stereocenters. The minimum Gasteiger partial charge on any atom is -0.207 e. The second-order valence-electron chi connectivity index (χ2n) is 6.54. The normalized spacial score (nSPS) is 24.2. The number of fused-ring (bicyclic) bond motifs is 1. The van der Waals surface area contributed by atoms with E-state index in [-0.39, 0.29) is 22.1 Å². The lowest BCUT2D eigenvalue weighted by Gasteiger charge is -2.44. The lowest BCUT2D eigenvalue weighted by Crippen LogP contribution is -2.42. The lowest BCUT2D eigenvalue weighted by molar-refractivity contribution is 0.123. The van der Waals surface area contributed by atoms with Crippen molar-refractivity contribution in [3.8, 4) is 0 Å². The minimum atomic E-state index is -0.128. The van der Waals surface area contributed by atoms with Gasteiger partial charge < -0.3 is 0 Å². The fourth-order valence-electron chi connectivity index (χ4n) is 3.11. The van der Waals surface area contributed by atoms with Crippen LogP contribution in [-0.4, -0.2) is 0 Å². The van der Waals surface area contributed by atoms with Crippen LogP contribution in [-0.2, 0) is 10.8 Å². The lowest BCUT2D eigenvalue weighted by atomic mass is 9.59. The van der Waals surface area contributed by atoms with Gasteiger partial charge >= 0.3 is 0 Å². The summed E-state index contributed by atoms with van der Waals surface area (Å²) in [6, 6.07) is 5.49. The van der Waals surface area contributed by atoms with Gasteiger partial charge in [-0.3, -0.25) is 0 Å². The third-order valence-corrected chi connectivity index (χ3v) is 5.44. The molecular formula is C15H21F. The largest absolute Gasteiger partial charge is 0.207 e. The first kappa shape index (κ1) is 11.6. The molecule has 0 fully saturated rings. The highest BCUT2D eigenvalue weighted by atomic mass is 19.1. The van der Waals surface area contributed by atoms with Gasteiger partial charge in [-0.25, -0.2) is 4.39 Å². The molecular weight excluding hydrogens is 199 g/mol. The van der Waals surface area contributed by atoms with Crippen molar-refractivity contribution in [2.75, 3.05) is 0 Å². The predicted octanol–water partition coefficient (Wildman–Crippen LogP) is 4.42. The van der Waals surface area contributed by atoms with Gasteiger partial charge in [-0.2, -0.15) is 0 Å². The Morgan fingerprint density at radius 2 is 1.44 bits per heavy atom. The summed E-state index contributed by atoms with van der Waals surface area (Å²) in [6.45, 7) is 13.2. The standard InChI is InChI=1S/C15H21F/c1-13(2)10-8-7-9-11(16)12(10)14(3,4)15(13,5)6/h7-9H,1-6H3. The Balaban J connectivity index is 2.84. The summed E-state index contributed by atoms with van der Waals surface area (Å²) in [7, 11) is 0. The van der Waals surface area contributed by atoms with Crippen molar-refractivity contribution >= 4 is 0 Å². The summed E-state index contributed by atoms with van der Waals surface area (Å²) in [5.41, 5.74) is 2.00. The quantitative estimate of drug-likeness (QED) is 0.607. The Morgan fingerprint density at radius 3 is 1.94 bits per heavy atom. The first-order chi connectivity index (χ1) is 7.14. The van der Waals surface area contributed by atoms with Gasteiger partial charge in [-0.05, 0) is 33.4 Å². The van der Waals surface area contributed by atoms with Gasteiger partial charge in [0.05, 0.1) is 0 Å². The van der Waals surface area contributed by atoms with Crippen molar-refractivity contribution in [1.82, 2.24) is 0 Å². The van der Waals surface area contributed by atoms with Crippen molar-refractivity contribution < 1.29 is 4.39 Å². The summed E-state index contributed by atoms with van der Waals surface area (Å²) >= 11 is 0. The molecule has 88 valence electrons. The molecule has 0 saturated heterocycles. The van der Waals surface area contributed by atoms with E-state index in [2.05, 4.69) is 47.6 Å². The van der Waals surface area contributed by atoms with Crippen LogP contribution in [0.2, 0.25) is 0 Å². The van der Waals surface area contributed by atoms with E-state index >= 15 is 0 Å². The van der Waals surface area contributed by atoms with Crippen LogP contribution in [0.3, 0.4) is 0 Å². The van der Waals surface area contributed by atoms with E-state index in [0.29, 0.717) is 0 Å². The van der Waals surface area contributed by atoms with Crippen molar-refractivity contribution in [1.29, 1.82) is 0 Å². The molecule has 0 nitrogen and oxygen atoms in total. The summed E-state index contributed by atoms with van der Waals surface area (Å²) in [6.07, 6.45) is 0. The summed E-state index contributed by atoms with van der Waals surface area (Å²) in [5.74, 6) is -0.0545. The summed E-state index contributed by atoms with van der Waals surface area (Å²) < 4.78 is 14.1.